The molecule has 122 valence electrons. The normalized spacial score (nSPS) is 10.1. The van der Waals surface area contributed by atoms with E-state index >= 15 is 0 Å². The van der Waals surface area contributed by atoms with Crippen molar-refractivity contribution < 1.29 is 24.1 Å². The zero-order valence-corrected chi connectivity index (χ0v) is 13.6. The Morgan fingerprint density at radius 1 is 1.04 bits per heavy atom. The molecule has 2 N–H and O–H groups in total. The van der Waals surface area contributed by atoms with Crippen LogP contribution in [0.25, 0.3) is 0 Å². The third-order valence-electron chi connectivity index (χ3n) is 3.13. The minimum atomic E-state index is -0.457. The maximum atomic E-state index is 12.4. The van der Waals surface area contributed by atoms with Crippen LogP contribution in [0.5, 0.6) is 23.0 Å². The molecular weight excluding hydrogens is 322 g/mol. The molecule has 7 heteroatoms. The van der Waals surface area contributed by atoms with Crippen LogP contribution in [-0.4, -0.2) is 32.3 Å². The highest BCUT2D eigenvalue weighted by molar-refractivity contribution is 6.31. The summed E-state index contributed by atoms with van der Waals surface area (Å²) in [4.78, 5) is 12.4. The molecule has 0 radical (unpaired) electrons. The van der Waals surface area contributed by atoms with Gasteiger partial charge in [-0.15, -0.1) is 0 Å². The molecule has 0 aliphatic rings. The first-order valence-electron chi connectivity index (χ1n) is 6.60. The van der Waals surface area contributed by atoms with E-state index in [0.717, 1.165) is 0 Å². The van der Waals surface area contributed by atoms with E-state index in [1.807, 2.05) is 0 Å². The standard InChI is InChI=1S/C16H16ClNO5/c1-21-13-6-9(7-14(22-2)15(13)23-3)16(20)18-11-8-10(17)4-5-12(11)19/h4-8,19H,1-3H3,(H,18,20). The van der Waals surface area contributed by atoms with Gasteiger partial charge in [-0.05, 0) is 30.3 Å². The molecule has 0 saturated heterocycles. The maximum absolute atomic E-state index is 12.4. The van der Waals surface area contributed by atoms with E-state index in [1.165, 1.54) is 51.7 Å². The minimum Gasteiger partial charge on any atom is -0.506 e. The molecule has 0 atom stereocenters. The highest BCUT2D eigenvalue weighted by Crippen LogP contribution is 2.38. The van der Waals surface area contributed by atoms with Gasteiger partial charge in [-0.25, -0.2) is 0 Å². The van der Waals surface area contributed by atoms with E-state index in [2.05, 4.69) is 5.32 Å². The summed E-state index contributed by atoms with van der Waals surface area (Å²) in [7, 11) is 4.40. The molecule has 0 aliphatic heterocycles. The van der Waals surface area contributed by atoms with Gasteiger partial charge in [0.2, 0.25) is 5.75 Å². The quantitative estimate of drug-likeness (QED) is 0.818. The van der Waals surface area contributed by atoms with Crippen molar-refractivity contribution in [3.05, 3.63) is 40.9 Å². The van der Waals surface area contributed by atoms with Crippen molar-refractivity contribution in [2.75, 3.05) is 26.6 Å². The molecular formula is C16H16ClNO5. The number of carbonyl (C=O) groups excluding carboxylic acids is 1. The van der Waals surface area contributed by atoms with Crippen molar-refractivity contribution in [1.82, 2.24) is 0 Å². The van der Waals surface area contributed by atoms with Crippen molar-refractivity contribution in [2.24, 2.45) is 0 Å². The van der Waals surface area contributed by atoms with Crippen molar-refractivity contribution in [3.63, 3.8) is 0 Å². The second-order valence-corrected chi connectivity index (χ2v) is 4.97. The molecule has 0 spiro atoms. The number of hydrogen-bond donors (Lipinski definition) is 2. The first-order valence-corrected chi connectivity index (χ1v) is 6.97. The summed E-state index contributed by atoms with van der Waals surface area (Å²) in [5, 5.41) is 12.7. The fourth-order valence-corrected chi connectivity index (χ4v) is 2.19. The van der Waals surface area contributed by atoms with Crippen molar-refractivity contribution >= 4 is 23.2 Å². The first kappa shape index (κ1) is 16.8. The second kappa shape index (κ2) is 7.11. The van der Waals surface area contributed by atoms with Gasteiger partial charge in [0.15, 0.2) is 11.5 Å². The summed E-state index contributed by atoms with van der Waals surface area (Å²) >= 11 is 5.86. The molecule has 0 aliphatic carbocycles. The van der Waals surface area contributed by atoms with Crippen LogP contribution in [0.2, 0.25) is 5.02 Å². The van der Waals surface area contributed by atoms with Crippen LogP contribution < -0.4 is 19.5 Å². The van der Waals surface area contributed by atoms with E-state index in [-0.39, 0.29) is 17.0 Å². The van der Waals surface area contributed by atoms with Crippen LogP contribution in [0.3, 0.4) is 0 Å². The molecule has 0 saturated carbocycles. The number of rotatable bonds is 5. The molecule has 6 nitrogen and oxygen atoms in total. The Hall–Kier alpha value is -2.60. The van der Waals surface area contributed by atoms with Crippen molar-refractivity contribution in [2.45, 2.75) is 0 Å². The van der Waals surface area contributed by atoms with Gasteiger partial charge >= 0.3 is 0 Å². The number of benzene rings is 2. The minimum absolute atomic E-state index is 0.0878. The Bertz CT molecular complexity index is 707. The predicted molar refractivity (Wildman–Crippen MR) is 87.2 cm³/mol. The van der Waals surface area contributed by atoms with Crippen LogP contribution in [0.15, 0.2) is 30.3 Å². The van der Waals surface area contributed by atoms with Crippen LogP contribution in [0, 0.1) is 0 Å². The lowest BCUT2D eigenvalue weighted by Gasteiger charge is -2.14. The highest BCUT2D eigenvalue weighted by Gasteiger charge is 2.17. The molecule has 2 aromatic carbocycles. The average molecular weight is 338 g/mol. The number of methoxy groups -OCH3 is 3. The first-order chi connectivity index (χ1) is 11.0. The maximum Gasteiger partial charge on any atom is 0.256 e. The summed E-state index contributed by atoms with van der Waals surface area (Å²) < 4.78 is 15.6. The zero-order valence-electron chi connectivity index (χ0n) is 12.8. The van der Waals surface area contributed by atoms with Gasteiger partial charge in [0.05, 0.1) is 27.0 Å². The van der Waals surface area contributed by atoms with Crippen molar-refractivity contribution in [3.8, 4) is 23.0 Å². The highest BCUT2D eigenvalue weighted by atomic mass is 35.5. The fourth-order valence-electron chi connectivity index (χ4n) is 2.02. The SMILES string of the molecule is COc1cc(C(=O)Nc2cc(Cl)ccc2O)cc(OC)c1OC. The number of carbonyl (C=O) groups is 1. The molecule has 23 heavy (non-hydrogen) atoms. The number of halogens is 1. The summed E-state index contributed by atoms with van der Waals surface area (Å²) in [6, 6.07) is 7.39. The van der Waals surface area contributed by atoms with Gasteiger partial charge in [0.1, 0.15) is 5.75 Å². The molecule has 1 amide bonds. The van der Waals surface area contributed by atoms with E-state index in [4.69, 9.17) is 25.8 Å². The largest absolute Gasteiger partial charge is 0.506 e. The number of anilines is 1. The lowest BCUT2D eigenvalue weighted by Crippen LogP contribution is -2.12. The molecule has 0 fully saturated rings. The van der Waals surface area contributed by atoms with E-state index in [1.54, 1.807) is 0 Å². The second-order valence-electron chi connectivity index (χ2n) is 4.53. The average Bonchev–Trinajstić information content (AvgIpc) is 2.56. The molecule has 2 rings (SSSR count). The number of nitrogens with one attached hydrogen (secondary N) is 1. The molecule has 0 heterocycles. The molecule has 0 bridgehead atoms. The number of amides is 1. The van der Waals surface area contributed by atoms with Gasteiger partial charge in [-0.2, -0.15) is 0 Å². The molecule has 0 unspecified atom stereocenters. The van der Waals surface area contributed by atoms with Gasteiger partial charge in [-0.3, -0.25) is 4.79 Å². The number of phenolic OH excluding ortho intramolecular Hbond substituents is 1. The number of ether oxygens (including phenoxy) is 3. The molecule has 0 aromatic heterocycles. The Kier molecular flexibility index (Phi) is 5.18. The van der Waals surface area contributed by atoms with Crippen LogP contribution in [-0.2, 0) is 0 Å². The number of phenols is 1. The molecule has 2 aromatic rings. The smallest absolute Gasteiger partial charge is 0.256 e. The fraction of sp³-hybridized carbons (Fsp3) is 0.188. The lowest BCUT2D eigenvalue weighted by molar-refractivity contribution is 0.102. The Morgan fingerprint density at radius 2 is 1.65 bits per heavy atom. The third-order valence-corrected chi connectivity index (χ3v) is 3.37. The number of aromatic hydroxyl groups is 1. The topological polar surface area (TPSA) is 77.0 Å². The Balaban J connectivity index is 2.37. The summed E-state index contributed by atoms with van der Waals surface area (Å²) in [5.74, 6) is 0.550. The van der Waals surface area contributed by atoms with Gasteiger partial charge in [-0.1, -0.05) is 11.6 Å². The Morgan fingerprint density at radius 3 is 2.17 bits per heavy atom. The van der Waals surface area contributed by atoms with E-state index in [9.17, 15) is 9.90 Å². The van der Waals surface area contributed by atoms with Crippen LogP contribution >= 0.6 is 11.6 Å². The van der Waals surface area contributed by atoms with Gasteiger partial charge in [0, 0.05) is 10.6 Å². The van der Waals surface area contributed by atoms with Crippen LogP contribution in [0.1, 0.15) is 10.4 Å². The Labute approximate surface area is 138 Å². The van der Waals surface area contributed by atoms with Gasteiger partial charge in [0.25, 0.3) is 5.91 Å². The summed E-state index contributed by atoms with van der Waals surface area (Å²) in [5.41, 5.74) is 0.482. The van der Waals surface area contributed by atoms with E-state index < -0.39 is 5.91 Å². The van der Waals surface area contributed by atoms with Crippen molar-refractivity contribution in [1.29, 1.82) is 0 Å². The third kappa shape index (κ3) is 3.60. The van der Waals surface area contributed by atoms with Crippen LogP contribution in [0.4, 0.5) is 5.69 Å². The van der Waals surface area contributed by atoms with Gasteiger partial charge < -0.3 is 24.6 Å². The lowest BCUT2D eigenvalue weighted by atomic mass is 10.1. The van der Waals surface area contributed by atoms with E-state index in [0.29, 0.717) is 22.3 Å². The monoisotopic (exact) mass is 337 g/mol. The summed E-state index contributed by atoms with van der Waals surface area (Å²) in [6.07, 6.45) is 0. The number of hydrogen-bond acceptors (Lipinski definition) is 5. The summed E-state index contributed by atoms with van der Waals surface area (Å²) in [6.45, 7) is 0. The zero-order chi connectivity index (χ0) is 17.0. The predicted octanol–water partition coefficient (Wildman–Crippen LogP) is 3.32.